The average molecular weight is 273 g/mol. The maximum atomic E-state index is 10.5. The Bertz CT molecular complexity index is 373. The summed E-state index contributed by atoms with van der Waals surface area (Å²) in [6.07, 6.45) is 2.64. The number of carboxylic acid groups (broad SMARTS) is 1. The molecule has 0 bridgehead atoms. The van der Waals surface area contributed by atoms with Gasteiger partial charge in [0.15, 0.2) is 0 Å². The van der Waals surface area contributed by atoms with Crippen molar-refractivity contribution in [3.05, 3.63) is 35.4 Å². The van der Waals surface area contributed by atoms with Gasteiger partial charge >= 0.3 is 14.2 Å². The summed E-state index contributed by atoms with van der Waals surface area (Å²) >= 11 is 0. The van der Waals surface area contributed by atoms with Crippen LogP contribution in [0.3, 0.4) is 0 Å². The third-order valence-corrected chi connectivity index (χ3v) is 2.39. The van der Waals surface area contributed by atoms with Crippen LogP contribution in [0.4, 0.5) is 0 Å². The third kappa shape index (κ3) is 7.90. The molecule has 0 saturated heterocycles. The molecular weight excluding hydrogens is 255 g/mol. The summed E-state index contributed by atoms with van der Waals surface area (Å²) < 4.78 is 14.6. The zero-order valence-corrected chi connectivity index (χ0v) is 11.4. The molecule has 0 amide bonds. The Balaban J connectivity index is 0.000000631. The van der Waals surface area contributed by atoms with Crippen LogP contribution in [0.2, 0.25) is 0 Å². The monoisotopic (exact) mass is 273 g/mol. The number of aromatic carboxylic acids is 1. The van der Waals surface area contributed by atoms with Crippen LogP contribution < -0.4 is 0 Å². The first-order chi connectivity index (χ1) is 8.51. The van der Waals surface area contributed by atoms with Gasteiger partial charge in [-0.1, -0.05) is 38.8 Å². The number of unbranched alkanes of at least 4 members (excludes halogenated alkanes) is 1. The molecule has 0 radical (unpaired) electrons. The molecule has 0 aliphatic heterocycles. The molecule has 18 heavy (non-hydrogen) atoms. The van der Waals surface area contributed by atoms with Gasteiger partial charge in [0.1, 0.15) is 6.61 Å². The number of hydrogen-bond donors (Lipinski definition) is 2. The van der Waals surface area contributed by atoms with Crippen molar-refractivity contribution in [3.63, 3.8) is 0 Å². The van der Waals surface area contributed by atoms with Gasteiger partial charge in [-0.3, -0.25) is 0 Å². The lowest BCUT2D eigenvalue weighted by molar-refractivity contribution is 0.0696. The summed E-state index contributed by atoms with van der Waals surface area (Å²) in [6.45, 7) is 4.35. The Hall–Kier alpha value is -1.29. The molecule has 0 spiro atoms. The fourth-order valence-electron chi connectivity index (χ4n) is 0.873. The van der Waals surface area contributed by atoms with Gasteiger partial charge in [-0.25, -0.2) is 4.79 Å². The highest BCUT2D eigenvalue weighted by molar-refractivity contribution is 7.32. The van der Waals surface area contributed by atoms with Gasteiger partial charge in [0.2, 0.25) is 0 Å². The minimum Gasteiger partial charge on any atom is -0.478 e. The van der Waals surface area contributed by atoms with Crippen LogP contribution in [-0.2, 0) is 15.7 Å². The molecule has 2 N–H and O–H groups in total. The predicted molar refractivity (Wildman–Crippen MR) is 68.6 cm³/mol. The topological polar surface area (TPSA) is 83.8 Å². The molecule has 0 fully saturated rings. The van der Waals surface area contributed by atoms with Gasteiger partial charge in [-0.05, 0) is 17.7 Å². The van der Waals surface area contributed by atoms with E-state index in [2.05, 4.69) is 18.4 Å². The van der Waals surface area contributed by atoms with Crippen molar-refractivity contribution in [2.45, 2.75) is 33.3 Å². The lowest BCUT2D eigenvalue weighted by Crippen LogP contribution is -1.96. The van der Waals surface area contributed by atoms with Crippen molar-refractivity contribution in [1.82, 2.24) is 0 Å². The minimum atomic E-state index is -2.61. The van der Waals surface area contributed by atoms with Crippen molar-refractivity contribution < 1.29 is 23.9 Å². The zero-order chi connectivity index (χ0) is 14.0. The Morgan fingerprint density at radius 2 is 1.72 bits per heavy atom. The molecule has 1 rings (SSSR count). The van der Waals surface area contributed by atoms with E-state index >= 15 is 0 Å². The maximum absolute atomic E-state index is 10.5. The van der Waals surface area contributed by atoms with E-state index in [1.54, 1.807) is 0 Å². The summed E-state index contributed by atoms with van der Waals surface area (Å²) in [5, 5.41) is 8.58. The average Bonchev–Trinajstić information content (AvgIpc) is 2.37. The summed E-state index contributed by atoms with van der Waals surface area (Å²) in [5.74, 6) is -1.01. The molecule has 1 unspecified atom stereocenters. The molecule has 0 aliphatic carbocycles. The molecule has 1 aromatic carbocycles. The first-order valence-electron chi connectivity index (χ1n) is 5.62. The molecule has 6 heteroatoms. The highest BCUT2D eigenvalue weighted by atomic mass is 31.1. The van der Waals surface area contributed by atoms with Gasteiger partial charge in [0.05, 0.1) is 5.56 Å². The molecule has 0 heterocycles. The second-order valence-electron chi connectivity index (χ2n) is 3.51. The van der Waals surface area contributed by atoms with E-state index in [9.17, 15) is 9.36 Å². The van der Waals surface area contributed by atoms with Gasteiger partial charge in [0, 0.05) is 4.57 Å². The van der Waals surface area contributed by atoms with Crippen LogP contribution in [-0.4, -0.2) is 16.0 Å². The van der Waals surface area contributed by atoms with E-state index in [1.807, 2.05) is 0 Å². The summed E-state index contributed by atoms with van der Waals surface area (Å²) in [4.78, 5) is 18.8. The van der Waals surface area contributed by atoms with Crippen molar-refractivity contribution >= 4 is 14.2 Å². The molecule has 0 aromatic heterocycles. The first-order valence-corrected chi connectivity index (χ1v) is 6.75. The lowest BCUT2D eigenvalue weighted by atomic mass is 10.1. The molecule has 1 aromatic rings. The zero-order valence-electron chi connectivity index (χ0n) is 10.5. The molecule has 5 nitrogen and oxygen atoms in total. The van der Waals surface area contributed by atoms with Crippen molar-refractivity contribution in [2.24, 2.45) is 0 Å². The quantitative estimate of drug-likeness (QED) is 0.803. The van der Waals surface area contributed by atoms with Gasteiger partial charge < -0.3 is 5.11 Å². The second kappa shape index (κ2) is 9.71. The molecule has 0 aliphatic rings. The van der Waals surface area contributed by atoms with E-state index in [0.29, 0.717) is 5.56 Å². The minimum absolute atomic E-state index is 0.00833. The van der Waals surface area contributed by atoms with Crippen LogP contribution >= 0.6 is 8.25 Å². The Morgan fingerprint density at radius 3 is 2.06 bits per heavy atom. The standard InChI is InChI=1S/C8H7O5P.C4H10/c9-8(10)7-3-1-6(2-4-7)5-13-14(11)12;1-3-4-2/h1-4H,5H2,(H-,9,10,11,12);3-4H2,1-2H3/p+1. The maximum Gasteiger partial charge on any atom is 0.695 e. The Labute approximate surface area is 107 Å². The van der Waals surface area contributed by atoms with Crippen molar-refractivity contribution in [1.29, 1.82) is 0 Å². The third-order valence-electron chi connectivity index (χ3n) is 2.04. The fourth-order valence-corrected chi connectivity index (χ4v) is 1.13. The largest absolute Gasteiger partial charge is 0.695 e. The van der Waals surface area contributed by atoms with Gasteiger partial charge in [-0.15, -0.1) is 9.42 Å². The number of carbonyl (C=O) groups is 1. The van der Waals surface area contributed by atoms with E-state index in [0.717, 1.165) is 0 Å². The van der Waals surface area contributed by atoms with Crippen LogP contribution in [0.5, 0.6) is 0 Å². The van der Waals surface area contributed by atoms with Gasteiger partial charge in [0.25, 0.3) is 0 Å². The molecule has 1 atom stereocenters. The summed E-state index contributed by atoms with van der Waals surface area (Å²) in [6, 6.07) is 5.88. The summed E-state index contributed by atoms with van der Waals surface area (Å²) in [5.41, 5.74) is 0.814. The van der Waals surface area contributed by atoms with Crippen molar-refractivity contribution in [2.75, 3.05) is 0 Å². The van der Waals surface area contributed by atoms with Crippen molar-refractivity contribution in [3.8, 4) is 0 Å². The predicted octanol–water partition coefficient (Wildman–Crippen LogP) is 3.36. The Kier molecular flexibility index (Phi) is 9.01. The highest BCUT2D eigenvalue weighted by Gasteiger charge is 2.11. The second-order valence-corrected chi connectivity index (χ2v) is 4.25. The van der Waals surface area contributed by atoms with E-state index in [-0.39, 0.29) is 12.2 Å². The Morgan fingerprint density at radius 1 is 1.22 bits per heavy atom. The summed E-state index contributed by atoms with van der Waals surface area (Å²) in [7, 11) is -2.61. The SMILES string of the molecule is CCCC.O=C(O)c1ccc(CO[P+](=O)O)cc1. The smallest absolute Gasteiger partial charge is 0.478 e. The number of carboxylic acids is 1. The van der Waals surface area contributed by atoms with E-state index < -0.39 is 14.2 Å². The normalized spacial score (nSPS) is 10.3. The van der Waals surface area contributed by atoms with Crippen LogP contribution in [0.1, 0.15) is 42.6 Å². The fraction of sp³-hybridized carbons (Fsp3) is 0.417. The number of hydrogen-bond acceptors (Lipinski definition) is 3. The molecule has 100 valence electrons. The first kappa shape index (κ1) is 16.7. The number of benzene rings is 1. The highest BCUT2D eigenvalue weighted by Crippen LogP contribution is 2.17. The van der Waals surface area contributed by atoms with E-state index in [1.165, 1.54) is 37.1 Å². The molecule has 0 saturated carbocycles. The van der Waals surface area contributed by atoms with Crippen LogP contribution in [0, 0.1) is 0 Å². The van der Waals surface area contributed by atoms with Gasteiger partial charge in [-0.2, -0.15) is 0 Å². The molecular formula is C12H18O5P+. The van der Waals surface area contributed by atoms with E-state index in [4.69, 9.17) is 10.00 Å². The lowest BCUT2D eigenvalue weighted by Gasteiger charge is -1.96. The number of rotatable bonds is 5. The van der Waals surface area contributed by atoms with Crippen LogP contribution in [0.15, 0.2) is 24.3 Å². The van der Waals surface area contributed by atoms with Crippen LogP contribution in [0.25, 0.3) is 0 Å².